The van der Waals surface area contributed by atoms with E-state index in [1.165, 1.54) is 5.56 Å². The molecule has 0 saturated carbocycles. The summed E-state index contributed by atoms with van der Waals surface area (Å²) < 4.78 is 17.9. The number of hydrogen-bond acceptors (Lipinski definition) is 5. The number of hydrogen-bond donors (Lipinski definition) is 1. The molecular formula is C22H25BrN2O4. The summed E-state index contributed by atoms with van der Waals surface area (Å²) in [4.78, 5) is 14.8. The third-order valence-electron chi connectivity index (χ3n) is 5.06. The van der Waals surface area contributed by atoms with Crippen LogP contribution in [-0.2, 0) is 22.5 Å². The molecule has 0 aromatic heterocycles. The molecule has 1 saturated heterocycles. The lowest BCUT2D eigenvalue weighted by atomic mass is 10.1. The number of rotatable bonds is 6. The summed E-state index contributed by atoms with van der Waals surface area (Å²) in [6, 6.07) is 14.2. The molecule has 6 nitrogen and oxygen atoms in total. The van der Waals surface area contributed by atoms with Crippen LogP contribution in [0.15, 0.2) is 46.9 Å². The van der Waals surface area contributed by atoms with Gasteiger partial charge in [0.25, 0.3) is 0 Å². The van der Waals surface area contributed by atoms with E-state index in [-0.39, 0.29) is 18.4 Å². The Balaban J connectivity index is 1.27. The van der Waals surface area contributed by atoms with Crippen LogP contribution in [0.2, 0.25) is 0 Å². The van der Waals surface area contributed by atoms with Gasteiger partial charge in [0.1, 0.15) is 13.2 Å². The van der Waals surface area contributed by atoms with Gasteiger partial charge in [-0.25, -0.2) is 0 Å². The first-order valence-corrected chi connectivity index (χ1v) is 10.7. The Kier molecular flexibility index (Phi) is 6.69. The number of halogens is 1. The number of amides is 1. The second-order valence-electron chi connectivity index (χ2n) is 7.28. The SMILES string of the molecule is O=C(Cc1cc2c(cc1Br)OCCO2)NCC1CN(Cc2ccccc2)CCO1. The van der Waals surface area contributed by atoms with Gasteiger partial charge >= 0.3 is 0 Å². The summed E-state index contributed by atoms with van der Waals surface area (Å²) in [5, 5.41) is 3.01. The van der Waals surface area contributed by atoms with E-state index in [1.807, 2.05) is 18.2 Å². The molecule has 0 bridgehead atoms. The largest absolute Gasteiger partial charge is 0.486 e. The van der Waals surface area contributed by atoms with Gasteiger partial charge in [-0.2, -0.15) is 0 Å². The van der Waals surface area contributed by atoms with E-state index in [0.29, 0.717) is 37.9 Å². The average molecular weight is 461 g/mol. The standard InChI is InChI=1S/C22H25BrN2O4/c23-19-12-21-20(28-8-9-29-21)10-17(19)11-22(26)24-13-18-15-25(6-7-27-18)14-16-4-2-1-3-5-16/h1-5,10,12,18H,6-9,11,13-15H2,(H,24,26). The molecule has 7 heteroatoms. The maximum atomic E-state index is 12.5. The Morgan fingerprint density at radius 2 is 1.86 bits per heavy atom. The fraction of sp³-hybridized carbons (Fsp3) is 0.409. The van der Waals surface area contributed by atoms with E-state index in [2.05, 4.69) is 50.4 Å². The molecule has 154 valence electrons. The van der Waals surface area contributed by atoms with Crippen LogP contribution in [0.25, 0.3) is 0 Å². The molecule has 2 aromatic rings. The number of morpholine rings is 1. The van der Waals surface area contributed by atoms with Gasteiger partial charge in [0, 0.05) is 30.7 Å². The first-order valence-electron chi connectivity index (χ1n) is 9.90. The predicted octanol–water partition coefficient (Wildman–Crippen LogP) is 2.78. The minimum absolute atomic E-state index is 0.000110. The quantitative estimate of drug-likeness (QED) is 0.717. The fourth-order valence-electron chi connectivity index (χ4n) is 3.59. The minimum atomic E-state index is -0.0360. The summed E-state index contributed by atoms with van der Waals surface area (Å²) in [5.74, 6) is 1.36. The fourth-order valence-corrected chi connectivity index (χ4v) is 4.06. The van der Waals surface area contributed by atoms with Crippen molar-refractivity contribution in [3.05, 3.63) is 58.1 Å². The molecule has 1 fully saturated rings. The van der Waals surface area contributed by atoms with Gasteiger partial charge in [0.2, 0.25) is 5.91 Å². The average Bonchev–Trinajstić information content (AvgIpc) is 2.74. The summed E-state index contributed by atoms with van der Waals surface area (Å²) in [7, 11) is 0. The van der Waals surface area contributed by atoms with Crippen molar-refractivity contribution in [2.45, 2.75) is 19.1 Å². The first-order chi connectivity index (χ1) is 14.2. The highest BCUT2D eigenvalue weighted by molar-refractivity contribution is 9.10. The molecule has 2 heterocycles. The number of benzene rings is 2. The smallest absolute Gasteiger partial charge is 0.224 e. The highest BCUT2D eigenvalue weighted by Gasteiger charge is 2.22. The molecule has 1 N–H and O–H groups in total. The van der Waals surface area contributed by atoms with E-state index in [9.17, 15) is 4.79 Å². The van der Waals surface area contributed by atoms with Crippen LogP contribution in [0.1, 0.15) is 11.1 Å². The van der Waals surface area contributed by atoms with Crippen molar-refractivity contribution in [2.75, 3.05) is 39.5 Å². The predicted molar refractivity (Wildman–Crippen MR) is 113 cm³/mol. The number of nitrogens with zero attached hydrogens (tertiary/aromatic N) is 1. The molecule has 0 aliphatic carbocycles. The summed E-state index contributed by atoms with van der Waals surface area (Å²) in [5.41, 5.74) is 2.17. The third kappa shape index (κ3) is 5.50. The zero-order valence-electron chi connectivity index (χ0n) is 16.2. The Morgan fingerprint density at radius 1 is 1.10 bits per heavy atom. The van der Waals surface area contributed by atoms with Gasteiger partial charge in [-0.05, 0) is 23.3 Å². The lowest BCUT2D eigenvalue weighted by Crippen LogP contribution is -2.47. The summed E-state index contributed by atoms with van der Waals surface area (Å²) in [6.45, 7) is 4.87. The second-order valence-corrected chi connectivity index (χ2v) is 8.14. The van der Waals surface area contributed by atoms with Crippen LogP contribution in [-0.4, -0.2) is 56.4 Å². The van der Waals surface area contributed by atoms with Gasteiger partial charge < -0.3 is 19.5 Å². The lowest BCUT2D eigenvalue weighted by Gasteiger charge is -2.33. The van der Waals surface area contributed by atoms with E-state index >= 15 is 0 Å². The van der Waals surface area contributed by atoms with E-state index in [1.54, 1.807) is 0 Å². The minimum Gasteiger partial charge on any atom is -0.486 e. The van der Waals surface area contributed by atoms with Gasteiger partial charge in [-0.3, -0.25) is 9.69 Å². The number of carbonyl (C=O) groups is 1. The second kappa shape index (κ2) is 9.61. The zero-order chi connectivity index (χ0) is 20.1. The van der Waals surface area contributed by atoms with Crippen LogP contribution in [0.3, 0.4) is 0 Å². The lowest BCUT2D eigenvalue weighted by molar-refractivity contribution is -0.121. The molecule has 29 heavy (non-hydrogen) atoms. The molecule has 4 rings (SSSR count). The van der Waals surface area contributed by atoms with E-state index in [0.717, 1.165) is 29.7 Å². The summed E-state index contributed by atoms with van der Waals surface area (Å²) in [6.07, 6.45) is 0.276. The molecule has 1 amide bonds. The highest BCUT2D eigenvalue weighted by Crippen LogP contribution is 2.35. The van der Waals surface area contributed by atoms with Crippen LogP contribution in [0, 0.1) is 0 Å². The molecule has 2 aliphatic rings. The Bertz CT molecular complexity index is 846. The normalized spacial score (nSPS) is 19.0. The van der Waals surface area contributed by atoms with Gasteiger partial charge in [-0.1, -0.05) is 46.3 Å². The molecule has 1 unspecified atom stereocenters. The van der Waals surface area contributed by atoms with E-state index < -0.39 is 0 Å². The number of ether oxygens (including phenoxy) is 3. The topological polar surface area (TPSA) is 60.0 Å². The van der Waals surface area contributed by atoms with Crippen molar-refractivity contribution in [1.29, 1.82) is 0 Å². The Labute approximate surface area is 179 Å². The highest BCUT2D eigenvalue weighted by atomic mass is 79.9. The van der Waals surface area contributed by atoms with Gasteiger partial charge in [0.15, 0.2) is 11.5 Å². The number of nitrogens with one attached hydrogen (secondary N) is 1. The molecule has 1 atom stereocenters. The van der Waals surface area contributed by atoms with Crippen molar-refractivity contribution in [2.24, 2.45) is 0 Å². The molecule has 2 aliphatic heterocycles. The van der Waals surface area contributed by atoms with Crippen molar-refractivity contribution in [3.8, 4) is 11.5 Å². The maximum Gasteiger partial charge on any atom is 0.224 e. The van der Waals surface area contributed by atoms with Crippen molar-refractivity contribution >= 4 is 21.8 Å². The van der Waals surface area contributed by atoms with Crippen molar-refractivity contribution in [3.63, 3.8) is 0 Å². The van der Waals surface area contributed by atoms with Crippen LogP contribution >= 0.6 is 15.9 Å². The third-order valence-corrected chi connectivity index (χ3v) is 5.80. The van der Waals surface area contributed by atoms with Crippen LogP contribution in [0.5, 0.6) is 11.5 Å². The van der Waals surface area contributed by atoms with Gasteiger partial charge in [0.05, 0.1) is 19.1 Å². The first kappa shape index (κ1) is 20.2. The maximum absolute atomic E-state index is 12.5. The van der Waals surface area contributed by atoms with Crippen LogP contribution in [0.4, 0.5) is 0 Å². The summed E-state index contributed by atoms with van der Waals surface area (Å²) >= 11 is 3.52. The van der Waals surface area contributed by atoms with Crippen LogP contribution < -0.4 is 14.8 Å². The number of carbonyl (C=O) groups excluding carboxylic acids is 1. The van der Waals surface area contributed by atoms with E-state index in [4.69, 9.17) is 14.2 Å². The molecular weight excluding hydrogens is 436 g/mol. The Morgan fingerprint density at radius 3 is 2.66 bits per heavy atom. The molecule has 0 radical (unpaired) electrons. The Hall–Kier alpha value is -2.09. The monoisotopic (exact) mass is 460 g/mol. The van der Waals surface area contributed by atoms with Crippen molar-refractivity contribution in [1.82, 2.24) is 10.2 Å². The van der Waals surface area contributed by atoms with Crippen molar-refractivity contribution < 1.29 is 19.0 Å². The molecule has 0 spiro atoms. The number of fused-ring (bicyclic) bond motifs is 1. The zero-order valence-corrected chi connectivity index (χ0v) is 17.8. The molecule has 2 aromatic carbocycles. The van der Waals surface area contributed by atoms with Gasteiger partial charge in [-0.15, -0.1) is 0 Å².